The first-order valence-electron chi connectivity index (χ1n) is 7.45. The number of carbonyl (C=O) groups is 1. The molecular weight excluding hydrogens is 240 g/mol. The van der Waals surface area contributed by atoms with E-state index in [4.69, 9.17) is 0 Å². The van der Waals surface area contributed by atoms with Gasteiger partial charge in [0.25, 0.3) is 5.91 Å². The van der Waals surface area contributed by atoms with E-state index in [0.29, 0.717) is 5.96 Å². The first-order valence-corrected chi connectivity index (χ1v) is 7.45. The summed E-state index contributed by atoms with van der Waals surface area (Å²) in [5.41, 5.74) is 1.08. The Morgan fingerprint density at radius 1 is 1.16 bits per heavy atom. The van der Waals surface area contributed by atoms with E-state index in [1.54, 1.807) is 0 Å². The lowest BCUT2D eigenvalue weighted by molar-refractivity contribution is -0.120. The molecule has 1 unspecified atom stereocenters. The zero-order valence-electron chi connectivity index (χ0n) is 11.6. The topological polar surface area (TPSA) is 48.3 Å². The zero-order chi connectivity index (χ0) is 13.2. The first kappa shape index (κ1) is 12.8. The standard InChI is InChI=1S/C14H22N4O/c1-2-17-7-9-18(10-8-17)14-15-12-6-4-3-5-11(12)13(19)16-14/h11H,2-10H2,1H3. The molecule has 2 heterocycles. The van der Waals surface area contributed by atoms with Gasteiger partial charge >= 0.3 is 0 Å². The molecule has 5 heteroatoms. The minimum atomic E-state index is -0.00516. The first-order chi connectivity index (χ1) is 9.28. The summed E-state index contributed by atoms with van der Waals surface area (Å²) in [5, 5.41) is 0. The molecule has 19 heavy (non-hydrogen) atoms. The predicted molar refractivity (Wildman–Crippen MR) is 75.5 cm³/mol. The fraction of sp³-hybridized carbons (Fsp3) is 0.786. The number of piperazine rings is 1. The van der Waals surface area contributed by atoms with Crippen LogP contribution in [0.4, 0.5) is 0 Å². The van der Waals surface area contributed by atoms with Gasteiger partial charge in [0, 0.05) is 31.9 Å². The fourth-order valence-corrected chi connectivity index (χ4v) is 3.13. The van der Waals surface area contributed by atoms with Gasteiger partial charge in [-0.05, 0) is 25.8 Å². The summed E-state index contributed by atoms with van der Waals surface area (Å²) < 4.78 is 0. The van der Waals surface area contributed by atoms with Gasteiger partial charge < -0.3 is 9.80 Å². The number of fused-ring (bicyclic) bond motifs is 1. The van der Waals surface area contributed by atoms with Gasteiger partial charge in [-0.15, -0.1) is 0 Å². The van der Waals surface area contributed by atoms with Crippen LogP contribution in [0.3, 0.4) is 0 Å². The minimum Gasteiger partial charge on any atom is -0.338 e. The van der Waals surface area contributed by atoms with E-state index in [1.165, 1.54) is 6.42 Å². The highest BCUT2D eigenvalue weighted by Gasteiger charge is 2.32. The molecule has 1 aliphatic carbocycles. The maximum atomic E-state index is 12.1. The Bertz CT molecular complexity index is 421. The molecule has 0 N–H and O–H groups in total. The van der Waals surface area contributed by atoms with Crippen LogP contribution in [0, 0.1) is 5.92 Å². The molecule has 0 aromatic heterocycles. The van der Waals surface area contributed by atoms with Gasteiger partial charge in [0.05, 0.1) is 5.92 Å². The molecule has 3 rings (SSSR count). The molecule has 1 saturated heterocycles. The van der Waals surface area contributed by atoms with Crippen LogP contribution < -0.4 is 0 Å². The van der Waals surface area contributed by atoms with Gasteiger partial charge in [-0.3, -0.25) is 4.79 Å². The zero-order valence-corrected chi connectivity index (χ0v) is 11.6. The number of aliphatic imine (C=N–C) groups is 2. The Kier molecular flexibility index (Phi) is 3.64. The number of hydrogen-bond donors (Lipinski definition) is 0. The van der Waals surface area contributed by atoms with Gasteiger partial charge in [0.2, 0.25) is 5.96 Å². The summed E-state index contributed by atoms with van der Waals surface area (Å²) in [6.45, 7) is 7.22. The molecule has 3 aliphatic rings. The molecule has 2 fully saturated rings. The molecule has 0 bridgehead atoms. The van der Waals surface area contributed by atoms with E-state index in [1.807, 2.05) is 0 Å². The highest BCUT2D eigenvalue weighted by Crippen LogP contribution is 2.26. The molecule has 1 atom stereocenters. The van der Waals surface area contributed by atoms with Gasteiger partial charge in [0.15, 0.2) is 0 Å². The van der Waals surface area contributed by atoms with Crippen molar-refractivity contribution in [3.63, 3.8) is 0 Å². The van der Waals surface area contributed by atoms with Crippen molar-refractivity contribution in [1.29, 1.82) is 0 Å². The average Bonchev–Trinajstić information content (AvgIpc) is 2.47. The maximum Gasteiger partial charge on any atom is 0.257 e. The van der Waals surface area contributed by atoms with Gasteiger partial charge in [0.1, 0.15) is 0 Å². The second-order valence-corrected chi connectivity index (χ2v) is 5.57. The van der Waals surface area contributed by atoms with Gasteiger partial charge in [-0.2, -0.15) is 4.99 Å². The third kappa shape index (κ3) is 2.56. The lowest BCUT2D eigenvalue weighted by Gasteiger charge is -2.36. The summed E-state index contributed by atoms with van der Waals surface area (Å²) >= 11 is 0. The number of amides is 1. The van der Waals surface area contributed by atoms with Crippen molar-refractivity contribution >= 4 is 17.6 Å². The van der Waals surface area contributed by atoms with Crippen molar-refractivity contribution in [2.24, 2.45) is 15.9 Å². The van der Waals surface area contributed by atoms with E-state index in [2.05, 4.69) is 26.7 Å². The molecule has 1 amide bonds. The quantitative estimate of drug-likeness (QED) is 0.712. The van der Waals surface area contributed by atoms with Crippen molar-refractivity contribution in [1.82, 2.24) is 9.80 Å². The number of guanidine groups is 1. The molecular formula is C14H22N4O. The second kappa shape index (κ2) is 5.41. The molecule has 5 nitrogen and oxygen atoms in total. The number of nitrogens with zero attached hydrogens (tertiary/aromatic N) is 4. The maximum absolute atomic E-state index is 12.1. The summed E-state index contributed by atoms with van der Waals surface area (Å²) in [5.74, 6) is 0.709. The molecule has 0 aromatic rings. The highest BCUT2D eigenvalue weighted by atomic mass is 16.1. The summed E-state index contributed by atoms with van der Waals surface area (Å²) in [4.78, 5) is 25.6. The number of likely N-dealkylation sites (N-methyl/N-ethyl adjacent to an activating group) is 1. The normalized spacial score (nSPS) is 28.8. The lowest BCUT2D eigenvalue weighted by Crippen LogP contribution is -2.49. The third-order valence-electron chi connectivity index (χ3n) is 4.43. The summed E-state index contributed by atoms with van der Waals surface area (Å²) in [6, 6.07) is 0. The Hall–Kier alpha value is -1.23. The van der Waals surface area contributed by atoms with Crippen molar-refractivity contribution in [3.05, 3.63) is 0 Å². The van der Waals surface area contributed by atoms with Gasteiger partial charge in [-0.25, -0.2) is 4.99 Å². The predicted octanol–water partition coefficient (Wildman–Crippen LogP) is 1.15. The Morgan fingerprint density at radius 3 is 2.68 bits per heavy atom. The van der Waals surface area contributed by atoms with Crippen molar-refractivity contribution in [2.45, 2.75) is 32.6 Å². The smallest absolute Gasteiger partial charge is 0.257 e. The van der Waals surface area contributed by atoms with Crippen LogP contribution in [0.2, 0.25) is 0 Å². The Morgan fingerprint density at radius 2 is 1.95 bits per heavy atom. The molecule has 0 aromatic carbocycles. The van der Waals surface area contributed by atoms with Crippen molar-refractivity contribution in [2.75, 3.05) is 32.7 Å². The highest BCUT2D eigenvalue weighted by molar-refractivity contribution is 6.15. The van der Waals surface area contributed by atoms with Crippen LogP contribution in [0.1, 0.15) is 32.6 Å². The fourth-order valence-electron chi connectivity index (χ4n) is 3.13. The van der Waals surface area contributed by atoms with Crippen molar-refractivity contribution < 1.29 is 4.79 Å². The van der Waals surface area contributed by atoms with E-state index in [9.17, 15) is 4.79 Å². The molecule has 104 valence electrons. The lowest BCUT2D eigenvalue weighted by atomic mass is 9.86. The largest absolute Gasteiger partial charge is 0.338 e. The van der Waals surface area contributed by atoms with E-state index >= 15 is 0 Å². The second-order valence-electron chi connectivity index (χ2n) is 5.57. The molecule has 1 saturated carbocycles. The number of rotatable bonds is 1. The monoisotopic (exact) mass is 262 g/mol. The van der Waals surface area contributed by atoms with E-state index in [-0.39, 0.29) is 11.8 Å². The number of carbonyl (C=O) groups excluding carboxylic acids is 1. The summed E-state index contributed by atoms with van der Waals surface area (Å²) in [6.07, 6.45) is 4.22. The van der Waals surface area contributed by atoms with Crippen LogP contribution in [0.5, 0.6) is 0 Å². The van der Waals surface area contributed by atoms with Crippen LogP contribution >= 0.6 is 0 Å². The van der Waals surface area contributed by atoms with E-state index < -0.39 is 0 Å². The SMILES string of the molecule is CCN1CCN(C2=NC(=O)C3CCCCC3=N2)CC1. The van der Waals surface area contributed by atoms with Crippen LogP contribution in [0.15, 0.2) is 9.98 Å². The Labute approximate surface area is 114 Å². The van der Waals surface area contributed by atoms with Crippen LogP contribution in [-0.4, -0.2) is 60.1 Å². The minimum absolute atomic E-state index is 0.00516. The number of hydrogen-bond acceptors (Lipinski definition) is 4. The Balaban J connectivity index is 1.71. The molecule has 0 spiro atoms. The van der Waals surface area contributed by atoms with Crippen LogP contribution in [-0.2, 0) is 4.79 Å². The summed E-state index contributed by atoms with van der Waals surface area (Å²) in [7, 11) is 0. The molecule has 2 aliphatic heterocycles. The van der Waals surface area contributed by atoms with Crippen molar-refractivity contribution in [3.8, 4) is 0 Å². The van der Waals surface area contributed by atoms with Crippen LogP contribution in [0.25, 0.3) is 0 Å². The average molecular weight is 262 g/mol. The molecule has 0 radical (unpaired) electrons. The van der Waals surface area contributed by atoms with Gasteiger partial charge in [-0.1, -0.05) is 13.3 Å². The van der Waals surface area contributed by atoms with E-state index in [0.717, 1.165) is 57.7 Å². The third-order valence-corrected chi connectivity index (χ3v) is 4.43.